The second-order valence-electron chi connectivity index (χ2n) is 6.45. The third kappa shape index (κ3) is 4.11. The largest absolute Gasteiger partial charge is 0.497 e. The first-order chi connectivity index (χ1) is 13.5. The maximum Gasteiger partial charge on any atom is 0.337 e. The molecule has 1 N–H and O–H groups in total. The Balaban J connectivity index is 2.11. The van der Waals surface area contributed by atoms with Gasteiger partial charge in [0.05, 0.1) is 18.4 Å². The molecule has 0 aliphatic carbocycles. The van der Waals surface area contributed by atoms with Gasteiger partial charge in [-0.3, -0.25) is 9.20 Å². The molecular formula is C22H22N2O4. The van der Waals surface area contributed by atoms with Crippen molar-refractivity contribution in [2.24, 2.45) is 0 Å². The molecule has 0 saturated heterocycles. The fourth-order valence-corrected chi connectivity index (χ4v) is 2.97. The minimum absolute atomic E-state index is 0.0533. The van der Waals surface area contributed by atoms with E-state index in [9.17, 15) is 14.7 Å². The minimum atomic E-state index is -1.08. The summed E-state index contributed by atoms with van der Waals surface area (Å²) < 4.78 is 6.56. The Labute approximate surface area is 162 Å². The van der Waals surface area contributed by atoms with Gasteiger partial charge < -0.3 is 9.84 Å². The number of nitrogens with zero attached hydrogens (tertiary/aromatic N) is 2. The highest BCUT2D eigenvalue weighted by Crippen LogP contribution is 2.17. The highest BCUT2D eigenvalue weighted by Gasteiger charge is 2.13. The molecule has 1 aromatic carbocycles. The Morgan fingerprint density at radius 2 is 2.07 bits per heavy atom. The fraction of sp³-hybridized carbons (Fsp3) is 0.227. The molecule has 0 amide bonds. The first kappa shape index (κ1) is 19.4. The average molecular weight is 378 g/mol. The van der Waals surface area contributed by atoms with Crippen LogP contribution in [0.5, 0.6) is 5.75 Å². The number of carbonyl (C=O) groups is 1. The van der Waals surface area contributed by atoms with Crippen molar-refractivity contribution in [2.45, 2.75) is 26.2 Å². The Bertz CT molecular complexity index is 1100. The summed E-state index contributed by atoms with van der Waals surface area (Å²) in [5.74, 6) is -0.327. The van der Waals surface area contributed by atoms with Gasteiger partial charge in [0.15, 0.2) is 0 Å². The molecule has 0 bridgehead atoms. The number of aromatic carboxylic acids is 1. The van der Waals surface area contributed by atoms with Crippen LogP contribution in [-0.4, -0.2) is 27.6 Å². The highest BCUT2D eigenvalue weighted by atomic mass is 16.5. The van der Waals surface area contributed by atoms with Crippen molar-refractivity contribution in [3.8, 4) is 5.75 Å². The van der Waals surface area contributed by atoms with Crippen molar-refractivity contribution in [2.75, 3.05) is 7.11 Å². The molecule has 2 heterocycles. The smallest absolute Gasteiger partial charge is 0.337 e. The van der Waals surface area contributed by atoms with Gasteiger partial charge in [-0.1, -0.05) is 31.6 Å². The quantitative estimate of drug-likeness (QED) is 0.674. The van der Waals surface area contributed by atoms with E-state index >= 15 is 0 Å². The standard InChI is InChI=1S/C22H22N2O4/c1-3-4-8-18-19(11-9-15-6-5-7-17(13-15)28-2)23-20-12-10-16(22(26)27)14-24(20)21(18)25/h5-7,9-14H,3-4,8H2,1-2H3,(H,26,27)/b11-9+. The summed E-state index contributed by atoms with van der Waals surface area (Å²) in [6.07, 6.45) is 7.42. The molecular weight excluding hydrogens is 356 g/mol. The van der Waals surface area contributed by atoms with Gasteiger partial charge in [0.1, 0.15) is 11.4 Å². The van der Waals surface area contributed by atoms with E-state index in [0.29, 0.717) is 23.3 Å². The molecule has 3 rings (SSSR count). The maximum absolute atomic E-state index is 13.0. The lowest BCUT2D eigenvalue weighted by molar-refractivity contribution is 0.0696. The van der Waals surface area contributed by atoms with E-state index in [4.69, 9.17) is 4.74 Å². The molecule has 0 unspecified atom stereocenters. The fourth-order valence-electron chi connectivity index (χ4n) is 2.97. The number of aromatic nitrogens is 2. The zero-order chi connectivity index (χ0) is 20.1. The van der Waals surface area contributed by atoms with Crippen LogP contribution >= 0.6 is 0 Å². The van der Waals surface area contributed by atoms with Crippen molar-refractivity contribution < 1.29 is 14.6 Å². The van der Waals surface area contributed by atoms with Crippen LogP contribution in [0.1, 0.15) is 46.9 Å². The number of rotatable bonds is 7. The number of hydrogen-bond acceptors (Lipinski definition) is 4. The van der Waals surface area contributed by atoms with Crippen molar-refractivity contribution in [3.05, 3.63) is 75.3 Å². The lowest BCUT2D eigenvalue weighted by Crippen LogP contribution is -2.22. The van der Waals surface area contributed by atoms with Gasteiger partial charge >= 0.3 is 5.97 Å². The van der Waals surface area contributed by atoms with E-state index < -0.39 is 5.97 Å². The van der Waals surface area contributed by atoms with Crippen molar-refractivity contribution in [1.29, 1.82) is 0 Å². The third-order valence-corrected chi connectivity index (χ3v) is 4.50. The molecule has 0 spiro atoms. The first-order valence-electron chi connectivity index (χ1n) is 9.14. The highest BCUT2D eigenvalue weighted by molar-refractivity contribution is 5.87. The number of hydrogen-bond donors (Lipinski definition) is 1. The number of fused-ring (bicyclic) bond motifs is 1. The van der Waals surface area contributed by atoms with Crippen LogP contribution in [0.3, 0.4) is 0 Å². The summed E-state index contributed by atoms with van der Waals surface area (Å²) in [7, 11) is 1.61. The van der Waals surface area contributed by atoms with Gasteiger partial charge in [-0.15, -0.1) is 0 Å². The zero-order valence-corrected chi connectivity index (χ0v) is 15.9. The molecule has 2 aromatic heterocycles. The Morgan fingerprint density at radius 3 is 2.79 bits per heavy atom. The molecule has 0 saturated carbocycles. The van der Waals surface area contributed by atoms with E-state index in [1.807, 2.05) is 36.4 Å². The summed E-state index contributed by atoms with van der Waals surface area (Å²) in [6.45, 7) is 2.06. The van der Waals surface area contributed by atoms with E-state index in [0.717, 1.165) is 24.2 Å². The van der Waals surface area contributed by atoms with Crippen LogP contribution in [0, 0.1) is 0 Å². The number of carboxylic acids is 1. The SMILES string of the molecule is CCCCc1c(/C=C/c2cccc(OC)c2)nc2ccc(C(=O)O)cn2c1=O. The predicted octanol–water partition coefficient (Wildman–Crippen LogP) is 3.91. The minimum Gasteiger partial charge on any atom is -0.497 e. The number of pyridine rings is 1. The number of unbranched alkanes of at least 4 members (excludes halogenated alkanes) is 1. The van der Waals surface area contributed by atoms with Crippen LogP contribution < -0.4 is 10.3 Å². The van der Waals surface area contributed by atoms with E-state index in [-0.39, 0.29) is 11.1 Å². The topological polar surface area (TPSA) is 80.9 Å². The molecule has 6 nitrogen and oxygen atoms in total. The lowest BCUT2D eigenvalue weighted by Gasteiger charge is -2.09. The molecule has 0 aliphatic heterocycles. The second kappa shape index (κ2) is 8.52. The summed E-state index contributed by atoms with van der Waals surface area (Å²) >= 11 is 0. The van der Waals surface area contributed by atoms with Crippen LogP contribution in [0.15, 0.2) is 47.4 Å². The Hall–Kier alpha value is -3.41. The van der Waals surface area contributed by atoms with Gasteiger partial charge in [-0.25, -0.2) is 9.78 Å². The van der Waals surface area contributed by atoms with Gasteiger partial charge in [0, 0.05) is 11.8 Å². The summed E-state index contributed by atoms with van der Waals surface area (Å²) in [5, 5.41) is 9.20. The molecule has 3 aromatic rings. The van der Waals surface area contributed by atoms with E-state index in [1.54, 1.807) is 13.2 Å². The summed E-state index contributed by atoms with van der Waals surface area (Å²) in [6, 6.07) is 10.6. The summed E-state index contributed by atoms with van der Waals surface area (Å²) in [4.78, 5) is 28.9. The van der Waals surface area contributed by atoms with E-state index in [1.165, 1.54) is 16.7 Å². The molecule has 0 atom stereocenters. The van der Waals surface area contributed by atoms with Crippen molar-refractivity contribution >= 4 is 23.8 Å². The number of ether oxygens (including phenoxy) is 1. The average Bonchev–Trinajstić information content (AvgIpc) is 2.71. The predicted molar refractivity (Wildman–Crippen MR) is 109 cm³/mol. The first-order valence-corrected chi connectivity index (χ1v) is 9.14. The van der Waals surface area contributed by atoms with Crippen molar-refractivity contribution in [1.82, 2.24) is 9.38 Å². The van der Waals surface area contributed by atoms with Crippen LogP contribution in [-0.2, 0) is 6.42 Å². The normalized spacial score (nSPS) is 11.2. The molecule has 6 heteroatoms. The third-order valence-electron chi connectivity index (χ3n) is 4.50. The van der Waals surface area contributed by atoms with Gasteiger partial charge in [0.25, 0.3) is 5.56 Å². The van der Waals surface area contributed by atoms with E-state index in [2.05, 4.69) is 11.9 Å². The summed E-state index contributed by atoms with van der Waals surface area (Å²) in [5.41, 5.74) is 2.36. The zero-order valence-electron chi connectivity index (χ0n) is 15.9. The maximum atomic E-state index is 13.0. The molecule has 0 fully saturated rings. The lowest BCUT2D eigenvalue weighted by atomic mass is 10.1. The van der Waals surface area contributed by atoms with Crippen LogP contribution in [0.2, 0.25) is 0 Å². The van der Waals surface area contributed by atoms with Gasteiger partial charge in [-0.2, -0.15) is 0 Å². The number of carboxylic acid groups (broad SMARTS) is 1. The Morgan fingerprint density at radius 1 is 1.25 bits per heavy atom. The Kier molecular flexibility index (Phi) is 5.89. The second-order valence-corrected chi connectivity index (χ2v) is 6.45. The molecule has 144 valence electrons. The van der Waals surface area contributed by atoms with Gasteiger partial charge in [0.2, 0.25) is 0 Å². The molecule has 28 heavy (non-hydrogen) atoms. The number of benzene rings is 1. The molecule has 0 radical (unpaired) electrons. The van der Waals surface area contributed by atoms with Crippen LogP contribution in [0.25, 0.3) is 17.8 Å². The van der Waals surface area contributed by atoms with Crippen LogP contribution in [0.4, 0.5) is 0 Å². The van der Waals surface area contributed by atoms with Crippen molar-refractivity contribution in [3.63, 3.8) is 0 Å². The molecule has 0 aliphatic rings. The van der Waals surface area contributed by atoms with Gasteiger partial charge in [-0.05, 0) is 48.7 Å². The number of methoxy groups -OCH3 is 1. The monoisotopic (exact) mass is 378 g/mol.